The van der Waals surface area contributed by atoms with Crippen LogP contribution in [0.25, 0.3) is 5.65 Å². The van der Waals surface area contributed by atoms with E-state index < -0.39 is 11.2 Å². The number of aromatic nitrogens is 4. The molecule has 1 atom stereocenters. The van der Waals surface area contributed by atoms with E-state index in [0.717, 1.165) is 5.56 Å². The van der Waals surface area contributed by atoms with Gasteiger partial charge in [-0.1, -0.05) is 0 Å². The topological polar surface area (TPSA) is 114 Å². The molecule has 0 radical (unpaired) electrons. The fraction of sp³-hybridized carbons (Fsp3) is 0.455. The van der Waals surface area contributed by atoms with Gasteiger partial charge in [0.1, 0.15) is 11.2 Å². The highest BCUT2D eigenvalue weighted by atomic mass is 16.5. The van der Waals surface area contributed by atoms with Crippen LogP contribution in [-0.2, 0) is 11.2 Å². The van der Waals surface area contributed by atoms with E-state index in [1.807, 2.05) is 13.0 Å². The van der Waals surface area contributed by atoms with Gasteiger partial charge >= 0.3 is 0 Å². The van der Waals surface area contributed by atoms with Crippen molar-refractivity contribution in [2.24, 2.45) is 0 Å². The number of aliphatic hydroxyl groups is 1. The van der Waals surface area contributed by atoms with Gasteiger partial charge in [-0.15, -0.1) is 0 Å². The van der Waals surface area contributed by atoms with Crippen molar-refractivity contribution in [1.82, 2.24) is 19.6 Å². The molecule has 0 aliphatic carbocycles. The van der Waals surface area contributed by atoms with Crippen molar-refractivity contribution in [3.8, 4) is 5.88 Å². The van der Waals surface area contributed by atoms with Crippen LogP contribution in [0.5, 0.6) is 5.88 Å². The van der Waals surface area contributed by atoms with Gasteiger partial charge in [0, 0.05) is 37.5 Å². The Morgan fingerprint density at radius 2 is 2.09 bits per heavy atom. The number of anilines is 2. The second kappa shape index (κ2) is 7.42. The molecule has 1 saturated heterocycles. The second-order valence-corrected chi connectivity index (χ2v) is 8.89. The third-order valence-corrected chi connectivity index (χ3v) is 6.27. The average Bonchev–Trinajstić information content (AvgIpc) is 3.34. The molecule has 3 aromatic heterocycles. The number of amides is 1. The maximum absolute atomic E-state index is 13.2. The van der Waals surface area contributed by atoms with Gasteiger partial charge in [0.2, 0.25) is 5.88 Å². The van der Waals surface area contributed by atoms with E-state index in [-0.39, 0.29) is 5.91 Å². The molecule has 2 aliphatic rings. The van der Waals surface area contributed by atoms with Gasteiger partial charge in [-0.3, -0.25) is 4.79 Å². The van der Waals surface area contributed by atoms with Crippen molar-refractivity contribution in [2.45, 2.75) is 38.4 Å². The Bertz CT molecular complexity index is 1180. The highest BCUT2D eigenvalue weighted by molar-refractivity contribution is 6.09. The van der Waals surface area contributed by atoms with Crippen molar-refractivity contribution in [3.63, 3.8) is 0 Å². The standard InChI is InChI=1S/C22H26N6O4/c1-21(2,30)22(3)12-14-11-16(18(26-20(14)32-22)27-7-9-31-10-8-27)25-19(29)15-13-24-28-6-4-5-23-17(15)28/h4-6,11,13,30H,7-10,12H2,1-3H3,(H,25,29)/t22-/m1/s1. The van der Waals surface area contributed by atoms with E-state index in [9.17, 15) is 9.90 Å². The van der Waals surface area contributed by atoms with Crippen LogP contribution >= 0.6 is 0 Å². The van der Waals surface area contributed by atoms with E-state index in [4.69, 9.17) is 14.5 Å². The summed E-state index contributed by atoms with van der Waals surface area (Å²) < 4.78 is 13.2. The zero-order chi connectivity index (χ0) is 22.5. The normalized spacial score (nSPS) is 20.8. The van der Waals surface area contributed by atoms with E-state index in [0.29, 0.717) is 61.3 Å². The Morgan fingerprint density at radius 1 is 1.31 bits per heavy atom. The summed E-state index contributed by atoms with van der Waals surface area (Å²) in [6.45, 7) is 7.77. The molecule has 0 bridgehead atoms. The number of hydrogen-bond acceptors (Lipinski definition) is 8. The van der Waals surface area contributed by atoms with E-state index in [1.165, 1.54) is 6.20 Å². The van der Waals surface area contributed by atoms with Gasteiger partial charge in [-0.05, 0) is 32.9 Å². The van der Waals surface area contributed by atoms with Crippen molar-refractivity contribution in [3.05, 3.63) is 41.9 Å². The molecule has 2 aliphatic heterocycles. The Kier molecular flexibility index (Phi) is 4.79. The second-order valence-electron chi connectivity index (χ2n) is 8.89. The fourth-order valence-corrected chi connectivity index (χ4v) is 3.98. The van der Waals surface area contributed by atoms with E-state index in [1.54, 1.807) is 36.8 Å². The molecule has 0 spiro atoms. The van der Waals surface area contributed by atoms with Crippen LogP contribution in [0, 0.1) is 0 Å². The smallest absolute Gasteiger partial charge is 0.261 e. The van der Waals surface area contributed by atoms with Crippen LogP contribution in [0.1, 0.15) is 36.7 Å². The Morgan fingerprint density at radius 3 is 2.84 bits per heavy atom. The van der Waals surface area contributed by atoms with Crippen LogP contribution < -0.4 is 15.0 Å². The highest BCUT2D eigenvalue weighted by Crippen LogP contribution is 2.43. The number of nitrogens with zero attached hydrogens (tertiary/aromatic N) is 5. The number of carbonyl (C=O) groups is 1. The molecule has 0 aromatic carbocycles. The first kappa shape index (κ1) is 20.7. The summed E-state index contributed by atoms with van der Waals surface area (Å²) in [6.07, 6.45) is 5.34. The van der Waals surface area contributed by atoms with Crippen molar-refractivity contribution < 1.29 is 19.4 Å². The summed E-state index contributed by atoms with van der Waals surface area (Å²) in [5.41, 5.74) is 0.370. The third kappa shape index (κ3) is 3.45. The number of nitrogens with one attached hydrogen (secondary N) is 1. The minimum atomic E-state index is -1.07. The zero-order valence-corrected chi connectivity index (χ0v) is 18.3. The lowest BCUT2D eigenvalue weighted by atomic mass is 9.84. The largest absolute Gasteiger partial charge is 0.468 e. The van der Waals surface area contributed by atoms with Crippen LogP contribution in [0.2, 0.25) is 0 Å². The van der Waals surface area contributed by atoms with Crippen molar-refractivity contribution >= 4 is 23.1 Å². The number of carbonyl (C=O) groups excluding carboxylic acids is 1. The predicted molar refractivity (Wildman–Crippen MR) is 117 cm³/mol. The van der Waals surface area contributed by atoms with Crippen LogP contribution in [0.4, 0.5) is 11.5 Å². The molecular weight excluding hydrogens is 412 g/mol. The molecule has 168 valence electrons. The lowest BCUT2D eigenvalue weighted by molar-refractivity contribution is -0.0914. The minimum Gasteiger partial charge on any atom is -0.468 e. The number of pyridine rings is 1. The maximum atomic E-state index is 13.2. The van der Waals surface area contributed by atoms with Gasteiger partial charge in [0.15, 0.2) is 11.5 Å². The zero-order valence-electron chi connectivity index (χ0n) is 18.3. The summed E-state index contributed by atoms with van der Waals surface area (Å²) in [6, 6.07) is 3.64. The lowest BCUT2D eigenvalue weighted by Gasteiger charge is -2.35. The Balaban J connectivity index is 1.52. The molecular formula is C22H26N6O4. The SMILES string of the molecule is CC(C)(O)[C@@]1(C)Cc2cc(NC(=O)c3cnn4cccnc34)c(N3CCOCC3)nc2O1. The predicted octanol–water partition coefficient (Wildman–Crippen LogP) is 1.68. The first-order valence-electron chi connectivity index (χ1n) is 10.6. The number of hydrogen-bond donors (Lipinski definition) is 2. The fourth-order valence-electron chi connectivity index (χ4n) is 3.98. The molecule has 5 rings (SSSR count). The highest BCUT2D eigenvalue weighted by Gasteiger charge is 2.47. The lowest BCUT2D eigenvalue weighted by Crippen LogP contribution is -2.51. The molecule has 1 fully saturated rings. The summed E-state index contributed by atoms with van der Waals surface area (Å²) in [5.74, 6) is 0.774. The first-order valence-corrected chi connectivity index (χ1v) is 10.6. The molecule has 32 heavy (non-hydrogen) atoms. The molecule has 0 unspecified atom stereocenters. The summed E-state index contributed by atoms with van der Waals surface area (Å²) >= 11 is 0. The van der Waals surface area contributed by atoms with Crippen molar-refractivity contribution in [2.75, 3.05) is 36.5 Å². The number of fused-ring (bicyclic) bond motifs is 2. The van der Waals surface area contributed by atoms with Gasteiger partial charge in [-0.2, -0.15) is 10.1 Å². The third-order valence-electron chi connectivity index (χ3n) is 6.27. The maximum Gasteiger partial charge on any atom is 0.261 e. The minimum absolute atomic E-state index is 0.320. The molecule has 5 heterocycles. The molecule has 3 aromatic rings. The number of rotatable bonds is 4. The summed E-state index contributed by atoms with van der Waals surface area (Å²) in [5, 5.41) is 17.8. The van der Waals surface area contributed by atoms with Crippen LogP contribution in [0.15, 0.2) is 30.7 Å². The first-order chi connectivity index (χ1) is 15.2. The van der Waals surface area contributed by atoms with Gasteiger partial charge in [0.25, 0.3) is 5.91 Å². The molecule has 10 heteroatoms. The summed E-state index contributed by atoms with van der Waals surface area (Å²) in [7, 11) is 0. The van der Waals surface area contributed by atoms with Crippen molar-refractivity contribution in [1.29, 1.82) is 0 Å². The van der Waals surface area contributed by atoms with Crippen LogP contribution in [0.3, 0.4) is 0 Å². The van der Waals surface area contributed by atoms with Gasteiger partial charge < -0.3 is 24.8 Å². The van der Waals surface area contributed by atoms with E-state index >= 15 is 0 Å². The quantitative estimate of drug-likeness (QED) is 0.632. The average molecular weight is 438 g/mol. The molecule has 10 nitrogen and oxygen atoms in total. The molecule has 0 saturated carbocycles. The molecule has 2 N–H and O–H groups in total. The number of morpholine rings is 1. The summed E-state index contributed by atoms with van der Waals surface area (Å²) in [4.78, 5) is 24.3. The van der Waals surface area contributed by atoms with E-state index in [2.05, 4.69) is 20.3 Å². The van der Waals surface area contributed by atoms with Gasteiger partial charge in [-0.25, -0.2) is 9.50 Å². The number of ether oxygens (including phenoxy) is 2. The Hall–Kier alpha value is -3.24. The van der Waals surface area contributed by atoms with Crippen LogP contribution in [-0.4, -0.2) is 68.1 Å². The monoisotopic (exact) mass is 438 g/mol. The van der Waals surface area contributed by atoms with Gasteiger partial charge in [0.05, 0.1) is 30.7 Å². The Labute approximate surface area is 185 Å². The molecule has 1 amide bonds.